The van der Waals surface area contributed by atoms with Crippen molar-refractivity contribution < 1.29 is 9.90 Å². The smallest absolute Gasteiger partial charge is 0.250 e. The number of nitrogens with two attached hydrogens (primary N) is 1. The second-order valence-corrected chi connectivity index (χ2v) is 2.81. The van der Waals surface area contributed by atoms with Crippen molar-refractivity contribution in [3.63, 3.8) is 0 Å². The maximum Gasteiger partial charge on any atom is 0.250 e. The van der Waals surface area contributed by atoms with Crippen molar-refractivity contribution in [2.24, 2.45) is 5.73 Å². The van der Waals surface area contributed by atoms with E-state index in [0.29, 0.717) is 12.1 Å². The van der Waals surface area contributed by atoms with E-state index < -0.39 is 12.0 Å². The van der Waals surface area contributed by atoms with E-state index in [1.54, 1.807) is 30.0 Å². The molecule has 0 spiro atoms. The summed E-state index contributed by atoms with van der Waals surface area (Å²) < 4.78 is 1.73. The van der Waals surface area contributed by atoms with Crippen molar-refractivity contribution in [3.8, 4) is 0 Å². The third-order valence-corrected chi connectivity index (χ3v) is 1.51. The second-order valence-electron chi connectivity index (χ2n) is 2.81. The van der Waals surface area contributed by atoms with E-state index in [4.69, 9.17) is 10.8 Å². The summed E-state index contributed by atoms with van der Waals surface area (Å²) in [5.74, 6) is -0.445. The van der Waals surface area contributed by atoms with Gasteiger partial charge in [0, 0.05) is 18.9 Å². The lowest BCUT2D eigenvalue weighted by atomic mass is 10.3. The summed E-state index contributed by atoms with van der Waals surface area (Å²) in [7, 11) is 0. The Morgan fingerprint density at radius 3 is 2.92 bits per heavy atom. The van der Waals surface area contributed by atoms with E-state index in [2.05, 4.69) is 0 Å². The van der Waals surface area contributed by atoms with Crippen molar-refractivity contribution in [2.75, 3.05) is 0 Å². The van der Waals surface area contributed by atoms with Crippen LogP contribution in [0.3, 0.4) is 0 Å². The number of primary amides is 1. The van der Waals surface area contributed by atoms with Gasteiger partial charge in [-0.15, -0.1) is 0 Å². The molecule has 0 aliphatic heterocycles. The topological polar surface area (TPSA) is 68.2 Å². The molecule has 1 atom stereocenters. The van der Waals surface area contributed by atoms with Gasteiger partial charge in [-0.3, -0.25) is 4.79 Å². The summed E-state index contributed by atoms with van der Waals surface area (Å²) in [6.45, 7) is 2.16. The SMILES string of the molecule is CC(O)Cn1ccc(C(N)=O)c1. The lowest BCUT2D eigenvalue weighted by Crippen LogP contribution is -2.12. The Labute approximate surface area is 70.6 Å². The van der Waals surface area contributed by atoms with Gasteiger partial charge in [0.25, 0.3) is 0 Å². The van der Waals surface area contributed by atoms with Crippen molar-refractivity contribution in [2.45, 2.75) is 19.6 Å². The highest BCUT2D eigenvalue weighted by molar-refractivity contribution is 5.92. The van der Waals surface area contributed by atoms with Gasteiger partial charge in [0.2, 0.25) is 5.91 Å². The number of aliphatic hydroxyl groups is 1. The van der Waals surface area contributed by atoms with Crippen LogP contribution >= 0.6 is 0 Å². The van der Waals surface area contributed by atoms with Crippen LogP contribution in [-0.2, 0) is 6.54 Å². The molecule has 1 unspecified atom stereocenters. The number of amides is 1. The number of aromatic nitrogens is 1. The van der Waals surface area contributed by atoms with Crippen LogP contribution in [-0.4, -0.2) is 21.7 Å². The monoisotopic (exact) mass is 168 g/mol. The van der Waals surface area contributed by atoms with Gasteiger partial charge in [0.05, 0.1) is 11.7 Å². The van der Waals surface area contributed by atoms with Crippen molar-refractivity contribution >= 4 is 5.91 Å². The van der Waals surface area contributed by atoms with Gasteiger partial charge >= 0.3 is 0 Å². The first-order valence-corrected chi connectivity index (χ1v) is 3.73. The fourth-order valence-electron chi connectivity index (χ4n) is 1.01. The predicted octanol–water partition coefficient (Wildman–Crippen LogP) is -0.0322. The van der Waals surface area contributed by atoms with Crippen LogP contribution in [0.5, 0.6) is 0 Å². The standard InChI is InChI=1S/C8H12N2O2/c1-6(11)4-10-3-2-7(5-10)8(9)12/h2-3,5-6,11H,4H2,1H3,(H2,9,12). The predicted molar refractivity (Wildman–Crippen MR) is 44.6 cm³/mol. The molecule has 0 bridgehead atoms. The zero-order valence-corrected chi connectivity index (χ0v) is 6.90. The van der Waals surface area contributed by atoms with E-state index in [9.17, 15) is 4.79 Å². The summed E-state index contributed by atoms with van der Waals surface area (Å²) >= 11 is 0. The number of carbonyl (C=O) groups excluding carboxylic acids is 1. The summed E-state index contributed by atoms with van der Waals surface area (Å²) in [4.78, 5) is 10.6. The molecule has 1 aromatic heterocycles. The number of hydrogen-bond acceptors (Lipinski definition) is 2. The van der Waals surface area contributed by atoms with E-state index in [-0.39, 0.29) is 0 Å². The minimum atomic E-state index is -0.445. The average molecular weight is 168 g/mol. The van der Waals surface area contributed by atoms with Gasteiger partial charge in [0.1, 0.15) is 0 Å². The number of rotatable bonds is 3. The molecule has 1 aromatic rings. The molecular weight excluding hydrogens is 156 g/mol. The Bertz CT molecular complexity index is 278. The van der Waals surface area contributed by atoms with Crippen LogP contribution in [0.4, 0.5) is 0 Å². The molecule has 0 radical (unpaired) electrons. The molecule has 0 saturated carbocycles. The molecule has 1 rings (SSSR count). The normalized spacial score (nSPS) is 12.8. The van der Waals surface area contributed by atoms with Gasteiger partial charge in [-0.25, -0.2) is 0 Å². The van der Waals surface area contributed by atoms with Gasteiger partial charge in [-0.1, -0.05) is 0 Å². The van der Waals surface area contributed by atoms with E-state index >= 15 is 0 Å². The van der Waals surface area contributed by atoms with E-state index in [0.717, 1.165) is 0 Å². The molecule has 0 aromatic carbocycles. The lowest BCUT2D eigenvalue weighted by molar-refractivity contribution is 0.1000. The molecule has 0 fully saturated rings. The van der Waals surface area contributed by atoms with E-state index in [1.165, 1.54) is 0 Å². The first kappa shape index (κ1) is 8.80. The second kappa shape index (κ2) is 3.40. The third kappa shape index (κ3) is 2.10. The number of nitrogens with zero attached hydrogens (tertiary/aromatic N) is 1. The van der Waals surface area contributed by atoms with Gasteiger partial charge in [-0.2, -0.15) is 0 Å². The Morgan fingerprint density at radius 2 is 2.50 bits per heavy atom. The number of hydrogen-bond donors (Lipinski definition) is 2. The van der Waals surface area contributed by atoms with Crippen LogP contribution in [0.25, 0.3) is 0 Å². The highest BCUT2D eigenvalue weighted by atomic mass is 16.3. The molecule has 1 amide bonds. The molecule has 4 nitrogen and oxygen atoms in total. The number of aliphatic hydroxyl groups excluding tert-OH is 1. The molecule has 66 valence electrons. The van der Waals surface area contributed by atoms with Crippen LogP contribution in [0.2, 0.25) is 0 Å². The summed E-state index contributed by atoms with van der Waals surface area (Å²) in [6, 6.07) is 1.63. The highest BCUT2D eigenvalue weighted by Crippen LogP contribution is 2.00. The third-order valence-electron chi connectivity index (χ3n) is 1.51. The Morgan fingerprint density at radius 1 is 1.83 bits per heavy atom. The minimum absolute atomic E-state index is 0.418. The largest absolute Gasteiger partial charge is 0.392 e. The van der Waals surface area contributed by atoms with Crippen molar-refractivity contribution in [1.82, 2.24) is 4.57 Å². The van der Waals surface area contributed by atoms with Crippen LogP contribution in [0.15, 0.2) is 18.5 Å². The number of carbonyl (C=O) groups is 1. The molecule has 3 N–H and O–H groups in total. The van der Waals surface area contributed by atoms with Gasteiger partial charge < -0.3 is 15.4 Å². The Balaban J connectivity index is 2.71. The van der Waals surface area contributed by atoms with Crippen LogP contribution in [0.1, 0.15) is 17.3 Å². The average Bonchev–Trinajstić information content (AvgIpc) is 2.34. The van der Waals surface area contributed by atoms with Gasteiger partial charge in [0.15, 0.2) is 0 Å². The van der Waals surface area contributed by atoms with E-state index in [1.807, 2.05) is 0 Å². The lowest BCUT2D eigenvalue weighted by Gasteiger charge is -2.03. The Hall–Kier alpha value is -1.29. The van der Waals surface area contributed by atoms with Gasteiger partial charge in [-0.05, 0) is 13.0 Å². The summed E-state index contributed by atoms with van der Waals surface area (Å²) in [5.41, 5.74) is 5.51. The van der Waals surface area contributed by atoms with Crippen LogP contribution < -0.4 is 5.73 Å². The van der Waals surface area contributed by atoms with Crippen molar-refractivity contribution in [3.05, 3.63) is 24.0 Å². The molecule has 12 heavy (non-hydrogen) atoms. The fraction of sp³-hybridized carbons (Fsp3) is 0.375. The Kier molecular flexibility index (Phi) is 2.50. The molecule has 1 heterocycles. The summed E-state index contributed by atoms with van der Waals surface area (Å²) in [5, 5.41) is 9.02. The minimum Gasteiger partial charge on any atom is -0.392 e. The summed E-state index contributed by atoms with van der Waals surface area (Å²) in [6.07, 6.45) is 2.92. The molecule has 0 saturated heterocycles. The van der Waals surface area contributed by atoms with Crippen LogP contribution in [0, 0.1) is 0 Å². The zero-order valence-electron chi connectivity index (χ0n) is 6.90. The molecule has 4 heteroatoms. The zero-order chi connectivity index (χ0) is 9.14. The maximum absolute atomic E-state index is 10.6. The fourth-order valence-corrected chi connectivity index (χ4v) is 1.01. The maximum atomic E-state index is 10.6. The van der Waals surface area contributed by atoms with Crippen molar-refractivity contribution in [1.29, 1.82) is 0 Å². The molecule has 0 aliphatic carbocycles. The highest BCUT2D eigenvalue weighted by Gasteiger charge is 2.03. The quantitative estimate of drug-likeness (QED) is 0.665. The molecular formula is C8H12N2O2. The first-order valence-electron chi connectivity index (χ1n) is 3.73. The first-order chi connectivity index (χ1) is 5.59. The molecule has 0 aliphatic rings.